The first kappa shape index (κ1) is 24.2. The molecule has 7 nitrogen and oxygen atoms in total. The topological polar surface area (TPSA) is 83.7 Å². The van der Waals surface area contributed by atoms with Gasteiger partial charge in [0.25, 0.3) is 0 Å². The smallest absolute Gasteiger partial charge is 0.379 e. The van der Waals surface area contributed by atoms with Crippen LogP contribution in [-0.4, -0.2) is 59.6 Å². The zero-order valence-corrected chi connectivity index (χ0v) is 17.4. The number of aromatic nitrogens is 2. The van der Waals surface area contributed by atoms with Crippen molar-refractivity contribution in [3.05, 3.63) is 18.2 Å². The summed E-state index contributed by atoms with van der Waals surface area (Å²) in [6, 6.07) is 0. The number of aliphatic imine (C=N–C) groups is 1. The van der Waals surface area contributed by atoms with Crippen LogP contribution in [0, 0.1) is 5.41 Å². The van der Waals surface area contributed by atoms with Crippen molar-refractivity contribution >= 4 is 5.96 Å². The quantitative estimate of drug-likeness (QED) is 0.454. The third-order valence-electron chi connectivity index (χ3n) is 4.45. The van der Waals surface area contributed by atoms with Crippen LogP contribution in [0.3, 0.4) is 0 Å². The number of ether oxygens (including phenoxy) is 1. The number of guanidine groups is 1. The average Bonchev–Trinajstić information content (AvgIpc) is 2.99. The lowest BCUT2D eigenvalue weighted by Crippen LogP contribution is -2.48. The Bertz CT molecular complexity index is 640. The average molecular weight is 407 g/mol. The van der Waals surface area contributed by atoms with Gasteiger partial charge in [-0.1, -0.05) is 20.8 Å². The molecule has 0 aliphatic rings. The van der Waals surface area contributed by atoms with Crippen LogP contribution in [0.2, 0.25) is 0 Å². The van der Waals surface area contributed by atoms with Gasteiger partial charge < -0.3 is 25.0 Å². The standard InChI is InChI=1S/C18H32F3N5O2/c1-7-22-15(25-12-13(28-6)16(2,3)4)24-9-8-17(27,18(19,20)21)14-23-10-11-26(14)5/h10-11,13,27H,7-9,12H2,1-6H3,(H2,22,24,25). The molecule has 3 N–H and O–H groups in total. The summed E-state index contributed by atoms with van der Waals surface area (Å²) < 4.78 is 47.3. The van der Waals surface area contributed by atoms with E-state index in [9.17, 15) is 18.3 Å². The Hall–Kier alpha value is -1.81. The molecule has 10 heteroatoms. The van der Waals surface area contributed by atoms with Gasteiger partial charge >= 0.3 is 6.18 Å². The molecule has 1 aromatic rings. The molecule has 2 atom stereocenters. The fraction of sp³-hybridized carbons (Fsp3) is 0.778. The van der Waals surface area contributed by atoms with E-state index in [1.54, 1.807) is 7.11 Å². The molecule has 0 aliphatic carbocycles. The normalized spacial score (nSPS) is 16.6. The maximum Gasteiger partial charge on any atom is 0.424 e. The van der Waals surface area contributed by atoms with Crippen molar-refractivity contribution in [2.45, 2.75) is 52.0 Å². The molecular formula is C18H32F3N5O2. The molecular weight excluding hydrogens is 375 g/mol. The predicted molar refractivity (Wildman–Crippen MR) is 102 cm³/mol. The van der Waals surface area contributed by atoms with Gasteiger partial charge in [-0.15, -0.1) is 0 Å². The summed E-state index contributed by atoms with van der Waals surface area (Å²) in [5.41, 5.74) is -3.19. The fourth-order valence-corrected chi connectivity index (χ4v) is 2.72. The molecule has 1 rings (SSSR count). The van der Waals surface area contributed by atoms with Crippen LogP contribution in [-0.2, 0) is 17.4 Å². The van der Waals surface area contributed by atoms with Crippen molar-refractivity contribution in [2.24, 2.45) is 17.5 Å². The second kappa shape index (κ2) is 9.60. The second-order valence-corrected chi connectivity index (χ2v) is 7.71. The number of hydrogen-bond acceptors (Lipinski definition) is 4. The van der Waals surface area contributed by atoms with Gasteiger partial charge in [0, 0.05) is 46.1 Å². The summed E-state index contributed by atoms with van der Waals surface area (Å²) in [5, 5.41) is 16.2. The molecule has 0 fully saturated rings. The lowest BCUT2D eigenvalue weighted by atomic mass is 9.89. The first-order valence-corrected chi connectivity index (χ1v) is 9.18. The van der Waals surface area contributed by atoms with Gasteiger partial charge in [-0.3, -0.25) is 4.99 Å². The highest BCUT2D eigenvalue weighted by atomic mass is 19.4. The Labute approximate surface area is 164 Å². The molecule has 0 bridgehead atoms. The number of rotatable bonds is 8. The maximum atomic E-state index is 13.6. The molecule has 1 heterocycles. The third kappa shape index (κ3) is 6.10. The van der Waals surface area contributed by atoms with Crippen LogP contribution in [0.1, 0.15) is 39.9 Å². The summed E-state index contributed by atoms with van der Waals surface area (Å²) in [5.74, 6) is -0.0888. The van der Waals surface area contributed by atoms with Crippen molar-refractivity contribution in [1.82, 2.24) is 20.2 Å². The van der Waals surface area contributed by atoms with E-state index in [0.717, 1.165) is 0 Å². The zero-order chi connectivity index (χ0) is 21.6. The summed E-state index contributed by atoms with van der Waals surface area (Å²) >= 11 is 0. The highest BCUT2D eigenvalue weighted by molar-refractivity contribution is 5.79. The van der Waals surface area contributed by atoms with E-state index in [1.165, 1.54) is 24.0 Å². The molecule has 0 amide bonds. The van der Waals surface area contributed by atoms with E-state index < -0.39 is 24.0 Å². The fourth-order valence-electron chi connectivity index (χ4n) is 2.72. The van der Waals surface area contributed by atoms with Crippen LogP contribution >= 0.6 is 0 Å². The molecule has 0 spiro atoms. The van der Waals surface area contributed by atoms with Crippen molar-refractivity contribution < 1.29 is 23.0 Å². The van der Waals surface area contributed by atoms with E-state index in [-0.39, 0.29) is 18.1 Å². The number of aliphatic hydroxyl groups is 1. The minimum Gasteiger partial charge on any atom is -0.379 e. The largest absolute Gasteiger partial charge is 0.424 e. The highest BCUT2D eigenvalue weighted by Crippen LogP contribution is 2.40. The monoisotopic (exact) mass is 407 g/mol. The lowest BCUT2D eigenvalue weighted by Gasteiger charge is -2.30. The Morgan fingerprint density at radius 2 is 1.96 bits per heavy atom. The van der Waals surface area contributed by atoms with Crippen LogP contribution in [0.4, 0.5) is 13.2 Å². The first-order valence-electron chi connectivity index (χ1n) is 9.18. The Morgan fingerprint density at radius 3 is 2.39 bits per heavy atom. The number of nitrogens with one attached hydrogen (secondary N) is 2. The van der Waals surface area contributed by atoms with Gasteiger partial charge in [0.05, 0.1) is 12.6 Å². The molecule has 0 saturated carbocycles. The lowest BCUT2D eigenvalue weighted by molar-refractivity contribution is -0.272. The Balaban J connectivity index is 2.87. The second-order valence-electron chi connectivity index (χ2n) is 7.71. The molecule has 28 heavy (non-hydrogen) atoms. The van der Waals surface area contributed by atoms with Gasteiger partial charge in [0.15, 0.2) is 5.96 Å². The first-order chi connectivity index (χ1) is 12.9. The molecule has 0 aliphatic heterocycles. The van der Waals surface area contributed by atoms with Crippen LogP contribution in [0.15, 0.2) is 17.4 Å². The van der Waals surface area contributed by atoms with E-state index in [0.29, 0.717) is 19.0 Å². The van der Waals surface area contributed by atoms with E-state index in [1.807, 2.05) is 27.7 Å². The van der Waals surface area contributed by atoms with Gasteiger partial charge in [-0.05, 0) is 12.3 Å². The molecule has 162 valence electrons. The molecule has 0 saturated heterocycles. The number of aryl methyl sites for hydroxylation is 1. The molecule has 2 unspecified atom stereocenters. The van der Waals surface area contributed by atoms with E-state index in [4.69, 9.17) is 4.74 Å². The number of nitrogens with zero attached hydrogens (tertiary/aromatic N) is 3. The number of alkyl halides is 3. The molecule has 1 aromatic heterocycles. The molecule has 0 radical (unpaired) electrons. The minimum atomic E-state index is -4.86. The van der Waals surface area contributed by atoms with Crippen LogP contribution in [0.25, 0.3) is 0 Å². The minimum absolute atomic E-state index is 0.135. The Kier molecular flexibility index (Phi) is 8.30. The van der Waals surface area contributed by atoms with Gasteiger partial charge in [-0.2, -0.15) is 13.2 Å². The van der Waals surface area contributed by atoms with Crippen molar-refractivity contribution in [3.8, 4) is 0 Å². The van der Waals surface area contributed by atoms with Gasteiger partial charge in [0.2, 0.25) is 5.60 Å². The van der Waals surface area contributed by atoms with Crippen molar-refractivity contribution in [3.63, 3.8) is 0 Å². The SMILES string of the molecule is CCNC(=NCC(OC)C(C)(C)C)NCCC(O)(c1nccn1C)C(F)(F)F. The van der Waals surface area contributed by atoms with Gasteiger partial charge in [0.1, 0.15) is 5.82 Å². The van der Waals surface area contributed by atoms with Crippen LogP contribution < -0.4 is 10.6 Å². The highest BCUT2D eigenvalue weighted by Gasteiger charge is 2.57. The number of imidazole rings is 1. The summed E-state index contributed by atoms with van der Waals surface area (Å²) in [4.78, 5) is 8.09. The molecule has 0 aromatic carbocycles. The van der Waals surface area contributed by atoms with E-state index in [2.05, 4.69) is 20.6 Å². The van der Waals surface area contributed by atoms with E-state index >= 15 is 0 Å². The summed E-state index contributed by atoms with van der Waals surface area (Å²) in [6.07, 6.45) is -3.04. The maximum absolute atomic E-state index is 13.6. The number of methoxy groups -OCH3 is 1. The Morgan fingerprint density at radius 1 is 1.32 bits per heavy atom. The van der Waals surface area contributed by atoms with Gasteiger partial charge in [-0.25, -0.2) is 4.98 Å². The predicted octanol–water partition coefficient (Wildman–Crippen LogP) is 2.18. The zero-order valence-electron chi connectivity index (χ0n) is 17.4. The third-order valence-corrected chi connectivity index (χ3v) is 4.45. The van der Waals surface area contributed by atoms with Crippen molar-refractivity contribution in [1.29, 1.82) is 0 Å². The van der Waals surface area contributed by atoms with Crippen LogP contribution in [0.5, 0.6) is 0 Å². The number of halogens is 3. The summed E-state index contributed by atoms with van der Waals surface area (Å²) in [7, 11) is 3.01. The van der Waals surface area contributed by atoms with Crippen molar-refractivity contribution in [2.75, 3.05) is 26.7 Å². The summed E-state index contributed by atoms with van der Waals surface area (Å²) in [6.45, 7) is 8.66. The number of hydrogen-bond donors (Lipinski definition) is 3.